The molecule has 0 aliphatic rings. The Labute approximate surface area is 112 Å². The standard InChI is InChI=1S/C12H19FNO4P/c1-4-17-19(15,18-5-2)12(14)10-8-9(16-3)6-7-11(10)13/h6-8,12H,4-5,14H2,1-3H3/t12-/m1/s1. The molecule has 0 saturated carbocycles. The Balaban J connectivity index is 3.15. The normalized spacial score (nSPS) is 13.3. The van der Waals surface area contributed by atoms with E-state index in [1.54, 1.807) is 13.8 Å². The maximum absolute atomic E-state index is 13.8. The highest BCUT2D eigenvalue weighted by Gasteiger charge is 2.35. The van der Waals surface area contributed by atoms with Crippen molar-refractivity contribution in [1.29, 1.82) is 0 Å². The van der Waals surface area contributed by atoms with Crippen molar-refractivity contribution < 1.29 is 22.7 Å². The third-order valence-electron chi connectivity index (χ3n) is 2.48. The van der Waals surface area contributed by atoms with Crippen LogP contribution in [-0.2, 0) is 13.6 Å². The number of ether oxygens (including phenoxy) is 1. The van der Waals surface area contributed by atoms with Gasteiger partial charge in [-0.1, -0.05) is 0 Å². The molecule has 0 saturated heterocycles. The second-order valence-corrected chi connectivity index (χ2v) is 5.86. The van der Waals surface area contributed by atoms with Crippen LogP contribution in [0.1, 0.15) is 25.2 Å². The second kappa shape index (κ2) is 7.01. The van der Waals surface area contributed by atoms with Crippen LogP contribution in [0.2, 0.25) is 0 Å². The predicted molar refractivity (Wildman–Crippen MR) is 70.7 cm³/mol. The molecule has 0 aliphatic carbocycles. The Bertz CT molecular complexity index is 459. The van der Waals surface area contributed by atoms with Gasteiger partial charge in [0.2, 0.25) is 0 Å². The number of halogens is 1. The highest BCUT2D eigenvalue weighted by molar-refractivity contribution is 7.54. The zero-order valence-corrected chi connectivity index (χ0v) is 12.2. The first-order valence-electron chi connectivity index (χ1n) is 5.96. The summed E-state index contributed by atoms with van der Waals surface area (Å²) in [6, 6.07) is 4.05. The molecule has 0 bridgehead atoms. The van der Waals surface area contributed by atoms with E-state index in [9.17, 15) is 8.96 Å². The van der Waals surface area contributed by atoms with E-state index < -0.39 is 19.2 Å². The molecule has 0 amide bonds. The molecule has 1 atom stereocenters. The van der Waals surface area contributed by atoms with Crippen molar-refractivity contribution in [3.8, 4) is 5.75 Å². The highest BCUT2D eigenvalue weighted by atomic mass is 31.2. The van der Waals surface area contributed by atoms with Crippen LogP contribution in [0.4, 0.5) is 4.39 Å². The van der Waals surface area contributed by atoms with Crippen LogP contribution in [0.5, 0.6) is 5.75 Å². The van der Waals surface area contributed by atoms with E-state index in [1.165, 1.54) is 25.3 Å². The van der Waals surface area contributed by atoms with Gasteiger partial charge in [-0.3, -0.25) is 4.57 Å². The van der Waals surface area contributed by atoms with Crippen molar-refractivity contribution in [2.24, 2.45) is 5.73 Å². The fourth-order valence-corrected chi connectivity index (χ4v) is 3.26. The van der Waals surface area contributed by atoms with Crippen LogP contribution in [0, 0.1) is 5.82 Å². The van der Waals surface area contributed by atoms with Gasteiger partial charge >= 0.3 is 7.60 Å². The van der Waals surface area contributed by atoms with Crippen molar-refractivity contribution in [2.75, 3.05) is 20.3 Å². The molecule has 0 spiro atoms. The zero-order valence-electron chi connectivity index (χ0n) is 11.3. The quantitative estimate of drug-likeness (QED) is 0.782. The van der Waals surface area contributed by atoms with Crippen molar-refractivity contribution in [1.82, 2.24) is 0 Å². The minimum absolute atomic E-state index is 0.0459. The van der Waals surface area contributed by atoms with E-state index in [4.69, 9.17) is 19.5 Å². The molecule has 0 aromatic heterocycles. The molecular weight excluding hydrogens is 272 g/mol. The third kappa shape index (κ3) is 3.76. The van der Waals surface area contributed by atoms with Gasteiger partial charge < -0.3 is 19.5 Å². The average Bonchev–Trinajstić information content (AvgIpc) is 2.39. The lowest BCUT2D eigenvalue weighted by atomic mass is 10.2. The molecule has 0 fully saturated rings. The molecule has 0 unspecified atom stereocenters. The smallest absolute Gasteiger partial charge is 0.351 e. The molecular formula is C12H19FNO4P. The SMILES string of the molecule is CCOP(=O)(OCC)[C@@H](N)c1cc(OC)ccc1F. The topological polar surface area (TPSA) is 70.8 Å². The van der Waals surface area contributed by atoms with E-state index in [2.05, 4.69) is 0 Å². The van der Waals surface area contributed by atoms with Gasteiger partial charge in [-0.05, 0) is 32.0 Å². The molecule has 0 heterocycles. The highest BCUT2D eigenvalue weighted by Crippen LogP contribution is 2.58. The van der Waals surface area contributed by atoms with Crippen molar-refractivity contribution >= 4 is 7.60 Å². The van der Waals surface area contributed by atoms with Gasteiger partial charge in [-0.25, -0.2) is 4.39 Å². The molecule has 108 valence electrons. The molecule has 1 aromatic rings. The van der Waals surface area contributed by atoms with Crippen LogP contribution in [-0.4, -0.2) is 20.3 Å². The summed E-state index contributed by atoms with van der Waals surface area (Å²) in [5, 5.41) is 0. The summed E-state index contributed by atoms with van der Waals surface area (Å²) in [5.74, 6) is -1.35. The Hall–Kier alpha value is -0.940. The van der Waals surface area contributed by atoms with Crippen LogP contribution in [0.25, 0.3) is 0 Å². The van der Waals surface area contributed by atoms with Crippen molar-refractivity contribution in [3.05, 3.63) is 29.6 Å². The summed E-state index contributed by atoms with van der Waals surface area (Å²) in [5.41, 5.74) is 5.91. The number of hydrogen-bond donors (Lipinski definition) is 1. The molecule has 7 heteroatoms. The van der Waals surface area contributed by atoms with E-state index in [1.807, 2.05) is 0 Å². The average molecular weight is 291 g/mol. The van der Waals surface area contributed by atoms with Gasteiger partial charge in [-0.15, -0.1) is 0 Å². The Morgan fingerprint density at radius 2 is 1.89 bits per heavy atom. The largest absolute Gasteiger partial charge is 0.497 e. The van der Waals surface area contributed by atoms with Gasteiger partial charge in [0.1, 0.15) is 17.3 Å². The van der Waals surface area contributed by atoms with E-state index >= 15 is 0 Å². The summed E-state index contributed by atoms with van der Waals surface area (Å²) < 4.78 is 41.5. The first-order valence-corrected chi connectivity index (χ1v) is 7.57. The van der Waals surface area contributed by atoms with Gasteiger partial charge in [0.05, 0.1) is 20.3 Å². The summed E-state index contributed by atoms with van der Waals surface area (Å²) in [7, 11) is -2.16. The van der Waals surface area contributed by atoms with E-state index in [0.29, 0.717) is 5.75 Å². The maximum atomic E-state index is 13.8. The van der Waals surface area contributed by atoms with Gasteiger partial charge in [0.25, 0.3) is 0 Å². The maximum Gasteiger partial charge on any atom is 0.351 e. The molecule has 0 aliphatic heterocycles. The fourth-order valence-electron chi connectivity index (χ4n) is 1.60. The monoisotopic (exact) mass is 291 g/mol. The minimum atomic E-state index is -3.61. The number of methoxy groups -OCH3 is 1. The van der Waals surface area contributed by atoms with Gasteiger partial charge in [0, 0.05) is 5.56 Å². The Morgan fingerprint density at radius 3 is 2.37 bits per heavy atom. The van der Waals surface area contributed by atoms with Crippen LogP contribution in [0.3, 0.4) is 0 Å². The number of nitrogens with two attached hydrogens (primary N) is 1. The number of rotatable bonds is 7. The predicted octanol–water partition coefficient (Wildman–Crippen LogP) is 3.06. The lowest BCUT2D eigenvalue weighted by molar-refractivity contribution is 0.212. The molecule has 1 rings (SSSR count). The summed E-state index contributed by atoms with van der Waals surface area (Å²) in [6.45, 7) is 3.66. The van der Waals surface area contributed by atoms with Crippen molar-refractivity contribution in [2.45, 2.75) is 19.6 Å². The lowest BCUT2D eigenvalue weighted by Gasteiger charge is -2.23. The summed E-state index contributed by atoms with van der Waals surface area (Å²) in [4.78, 5) is 0. The zero-order chi connectivity index (χ0) is 14.5. The Kier molecular flexibility index (Phi) is 5.94. The molecule has 1 aromatic carbocycles. The minimum Gasteiger partial charge on any atom is -0.497 e. The van der Waals surface area contributed by atoms with Crippen LogP contribution in [0.15, 0.2) is 18.2 Å². The number of benzene rings is 1. The van der Waals surface area contributed by atoms with E-state index in [-0.39, 0.29) is 18.8 Å². The van der Waals surface area contributed by atoms with Crippen LogP contribution >= 0.6 is 7.60 Å². The molecule has 2 N–H and O–H groups in total. The number of hydrogen-bond acceptors (Lipinski definition) is 5. The van der Waals surface area contributed by atoms with Crippen LogP contribution < -0.4 is 10.5 Å². The third-order valence-corrected chi connectivity index (χ3v) is 4.68. The summed E-state index contributed by atoms with van der Waals surface area (Å²) >= 11 is 0. The second-order valence-electron chi connectivity index (χ2n) is 3.71. The molecule has 0 radical (unpaired) electrons. The fraction of sp³-hybridized carbons (Fsp3) is 0.500. The Morgan fingerprint density at radius 1 is 1.32 bits per heavy atom. The van der Waals surface area contributed by atoms with Crippen molar-refractivity contribution in [3.63, 3.8) is 0 Å². The van der Waals surface area contributed by atoms with Gasteiger partial charge in [0.15, 0.2) is 0 Å². The first kappa shape index (κ1) is 16.1. The lowest BCUT2D eigenvalue weighted by Crippen LogP contribution is -2.16. The van der Waals surface area contributed by atoms with E-state index in [0.717, 1.165) is 0 Å². The molecule has 19 heavy (non-hydrogen) atoms. The first-order chi connectivity index (χ1) is 8.98. The van der Waals surface area contributed by atoms with Gasteiger partial charge in [-0.2, -0.15) is 0 Å². The molecule has 5 nitrogen and oxygen atoms in total. The summed E-state index contributed by atoms with van der Waals surface area (Å²) in [6.07, 6.45) is 0.